The summed E-state index contributed by atoms with van der Waals surface area (Å²) in [4.78, 5) is 53.0. The quantitative estimate of drug-likeness (QED) is 0.147. The van der Waals surface area contributed by atoms with E-state index in [9.17, 15) is 19.2 Å². The summed E-state index contributed by atoms with van der Waals surface area (Å²) in [6.07, 6.45) is 3.59. The molecule has 1 heterocycles. The number of amides is 2. The Balaban J connectivity index is 1.36. The normalized spacial score (nSPS) is 17.5. The van der Waals surface area contributed by atoms with Gasteiger partial charge < -0.3 is 19.3 Å². The van der Waals surface area contributed by atoms with E-state index in [1.54, 1.807) is 58.8 Å². The smallest absolute Gasteiger partial charge is 0.306 e. The molecule has 0 unspecified atom stereocenters. The maximum atomic E-state index is 13.0. The van der Waals surface area contributed by atoms with Crippen molar-refractivity contribution in [1.29, 1.82) is 0 Å². The van der Waals surface area contributed by atoms with Crippen LogP contribution in [0.3, 0.4) is 0 Å². The van der Waals surface area contributed by atoms with E-state index in [2.05, 4.69) is 24.2 Å². The van der Waals surface area contributed by atoms with Crippen molar-refractivity contribution in [1.82, 2.24) is 20.1 Å². The highest BCUT2D eigenvalue weighted by molar-refractivity contribution is 8.78. The van der Waals surface area contributed by atoms with Gasteiger partial charge in [-0.1, -0.05) is 35.4 Å². The monoisotopic (exact) mass is 620 g/mol. The lowest BCUT2D eigenvalue weighted by Gasteiger charge is -2.34. The van der Waals surface area contributed by atoms with Gasteiger partial charge in [0.05, 0.1) is 19.4 Å². The molecule has 1 fully saturated rings. The largest absolute Gasteiger partial charge is 0.465 e. The molecular formula is C29H40N4O7S2. The first-order valence-corrected chi connectivity index (χ1v) is 16.4. The lowest BCUT2D eigenvalue weighted by atomic mass is 9.91. The van der Waals surface area contributed by atoms with E-state index in [-0.39, 0.29) is 37.5 Å². The van der Waals surface area contributed by atoms with Gasteiger partial charge in [-0.05, 0) is 67.0 Å². The molecule has 1 aromatic carbocycles. The Hall–Kier alpha value is -3.06. The minimum Gasteiger partial charge on any atom is -0.465 e. The van der Waals surface area contributed by atoms with Gasteiger partial charge in [-0.2, -0.15) is 0 Å². The first-order valence-electron chi connectivity index (χ1n) is 14.1. The molecule has 230 valence electrons. The zero-order chi connectivity index (χ0) is 30.6. The third-order valence-corrected chi connectivity index (χ3v) is 10.1. The van der Waals surface area contributed by atoms with Crippen molar-refractivity contribution < 1.29 is 33.3 Å². The lowest BCUT2D eigenvalue weighted by Crippen LogP contribution is -2.41. The maximum absolute atomic E-state index is 13.0. The van der Waals surface area contributed by atoms with Gasteiger partial charge in [0.1, 0.15) is 17.1 Å². The Morgan fingerprint density at radius 1 is 1.05 bits per heavy atom. The molecule has 42 heavy (non-hydrogen) atoms. The first-order chi connectivity index (χ1) is 20.1. The summed E-state index contributed by atoms with van der Waals surface area (Å²) in [5.41, 5.74) is 2.46. The Morgan fingerprint density at radius 2 is 1.74 bits per heavy atom. The molecule has 1 aromatic heterocycles. The van der Waals surface area contributed by atoms with Crippen molar-refractivity contribution in [3.8, 4) is 0 Å². The van der Waals surface area contributed by atoms with Crippen LogP contribution in [0.2, 0.25) is 0 Å². The fraction of sp³-hybridized carbons (Fsp3) is 0.586. The van der Waals surface area contributed by atoms with E-state index >= 15 is 0 Å². The maximum Gasteiger partial charge on any atom is 0.306 e. The van der Waals surface area contributed by atoms with Crippen LogP contribution in [0.4, 0.5) is 0 Å². The molecule has 0 aliphatic heterocycles. The average Bonchev–Trinajstić information content (AvgIpc) is 3.46. The second-order valence-electron chi connectivity index (χ2n) is 10.8. The molecule has 11 nitrogen and oxygen atoms in total. The number of benzene rings is 1. The number of carbonyl (C=O) groups excluding carboxylic acids is 4. The number of nitrogens with zero attached hydrogens (tertiary/aromatic N) is 4. The van der Waals surface area contributed by atoms with Crippen LogP contribution in [0, 0.1) is 5.92 Å². The van der Waals surface area contributed by atoms with Crippen molar-refractivity contribution in [2.75, 3.05) is 26.5 Å². The SMILES string of the molecule is C/C(=C(\CCOC(=O)CCC(=O)O[C@H]1CC[C@H](N(C)C(=O)c2ccc3nonc3c2)CC1)SSCC(C)C)N(C)C=O. The molecule has 1 saturated carbocycles. The number of carbonyl (C=O) groups is 4. The van der Waals surface area contributed by atoms with Crippen molar-refractivity contribution in [3.05, 3.63) is 34.4 Å². The van der Waals surface area contributed by atoms with Crippen LogP contribution in [-0.4, -0.2) is 83.0 Å². The highest BCUT2D eigenvalue weighted by atomic mass is 33.1. The molecule has 13 heteroatoms. The van der Waals surface area contributed by atoms with Gasteiger partial charge in [-0.25, -0.2) is 4.63 Å². The van der Waals surface area contributed by atoms with Gasteiger partial charge in [0.15, 0.2) is 0 Å². The Labute approximate surface area is 254 Å². The molecule has 2 aromatic rings. The molecule has 0 N–H and O–H groups in total. The van der Waals surface area contributed by atoms with E-state index in [4.69, 9.17) is 14.1 Å². The molecule has 3 rings (SSSR count). The molecule has 2 amide bonds. The summed E-state index contributed by atoms with van der Waals surface area (Å²) in [6, 6.07) is 5.11. The number of hydrogen-bond acceptors (Lipinski definition) is 11. The van der Waals surface area contributed by atoms with Gasteiger partial charge >= 0.3 is 11.9 Å². The van der Waals surface area contributed by atoms with Gasteiger partial charge in [-0.15, -0.1) is 0 Å². The van der Waals surface area contributed by atoms with Crippen LogP contribution in [0.5, 0.6) is 0 Å². The predicted octanol–water partition coefficient (Wildman–Crippen LogP) is 5.22. The van der Waals surface area contributed by atoms with E-state index in [0.29, 0.717) is 54.6 Å². The molecule has 0 saturated heterocycles. The molecule has 0 spiro atoms. The molecular weight excluding hydrogens is 580 g/mol. The summed E-state index contributed by atoms with van der Waals surface area (Å²) < 4.78 is 15.7. The van der Waals surface area contributed by atoms with Crippen molar-refractivity contribution in [2.45, 2.75) is 77.9 Å². The summed E-state index contributed by atoms with van der Waals surface area (Å²) in [5, 5.41) is 7.56. The zero-order valence-electron chi connectivity index (χ0n) is 24.9. The van der Waals surface area contributed by atoms with Crippen LogP contribution >= 0.6 is 21.6 Å². The predicted molar refractivity (Wildman–Crippen MR) is 162 cm³/mol. The van der Waals surface area contributed by atoms with E-state index in [1.165, 1.54) is 4.90 Å². The van der Waals surface area contributed by atoms with Gasteiger partial charge in [0.25, 0.3) is 5.91 Å². The summed E-state index contributed by atoms with van der Waals surface area (Å²) >= 11 is 0. The zero-order valence-corrected chi connectivity index (χ0v) is 26.5. The van der Waals surface area contributed by atoms with E-state index < -0.39 is 11.9 Å². The van der Waals surface area contributed by atoms with Crippen LogP contribution in [0.1, 0.15) is 76.1 Å². The van der Waals surface area contributed by atoms with Gasteiger partial charge in [0.2, 0.25) is 6.41 Å². The van der Waals surface area contributed by atoms with Crippen molar-refractivity contribution in [3.63, 3.8) is 0 Å². The lowest BCUT2D eigenvalue weighted by molar-refractivity contribution is -0.155. The van der Waals surface area contributed by atoms with E-state index in [0.717, 1.165) is 22.8 Å². The second-order valence-corrected chi connectivity index (χ2v) is 13.2. The molecule has 0 radical (unpaired) electrons. The topological polar surface area (TPSA) is 132 Å². The number of rotatable bonds is 15. The highest BCUT2D eigenvalue weighted by Gasteiger charge is 2.29. The minimum absolute atomic E-state index is 0.0318. The second kappa shape index (κ2) is 16.5. The van der Waals surface area contributed by atoms with Crippen LogP contribution in [0.25, 0.3) is 11.0 Å². The van der Waals surface area contributed by atoms with E-state index in [1.807, 2.05) is 6.92 Å². The van der Waals surface area contributed by atoms with Crippen LogP contribution < -0.4 is 0 Å². The number of esters is 2. The third kappa shape index (κ3) is 10.0. The van der Waals surface area contributed by atoms with Gasteiger partial charge in [0, 0.05) is 48.5 Å². The Kier molecular flexibility index (Phi) is 13.2. The fourth-order valence-electron chi connectivity index (χ4n) is 4.41. The summed E-state index contributed by atoms with van der Waals surface area (Å²) in [7, 11) is 6.77. The summed E-state index contributed by atoms with van der Waals surface area (Å²) in [5.74, 6) is 0.496. The number of allylic oxidation sites excluding steroid dienone is 1. The molecule has 0 bridgehead atoms. The standard InChI is InChI=1S/C29H40N4O7S2/c1-19(2)17-41-42-26(20(3)32(4)18-34)14-15-38-27(35)12-13-28(36)39-23-9-7-22(8-10-23)33(5)29(37)21-6-11-24-25(16-21)31-40-30-24/h6,11,16,18-19,22-23H,7-10,12-15,17H2,1-5H3/b26-20-/t22-,23-. The molecule has 0 atom stereocenters. The van der Waals surface area contributed by atoms with Crippen molar-refractivity contribution in [2.24, 2.45) is 5.92 Å². The Morgan fingerprint density at radius 3 is 2.43 bits per heavy atom. The Bertz CT molecular complexity index is 1260. The fourth-order valence-corrected chi connectivity index (χ4v) is 7.39. The third-order valence-electron chi connectivity index (χ3n) is 7.09. The molecule has 1 aliphatic rings. The van der Waals surface area contributed by atoms with Crippen LogP contribution in [-0.2, 0) is 23.9 Å². The minimum atomic E-state index is -0.462. The number of fused-ring (bicyclic) bond motifs is 1. The van der Waals surface area contributed by atoms with Crippen molar-refractivity contribution >= 4 is 56.9 Å². The average molecular weight is 621 g/mol. The van der Waals surface area contributed by atoms with Crippen LogP contribution in [0.15, 0.2) is 33.4 Å². The first kappa shape index (κ1) is 33.4. The highest BCUT2D eigenvalue weighted by Crippen LogP contribution is 2.36. The number of ether oxygens (including phenoxy) is 2. The number of hydrogen-bond donors (Lipinski definition) is 0. The number of aromatic nitrogens is 2. The van der Waals surface area contributed by atoms with Gasteiger partial charge in [-0.3, -0.25) is 19.2 Å². The molecule has 1 aliphatic carbocycles. The summed E-state index contributed by atoms with van der Waals surface area (Å²) in [6.45, 7) is 6.32.